The van der Waals surface area contributed by atoms with Crippen molar-refractivity contribution < 1.29 is 4.84 Å². The third-order valence-corrected chi connectivity index (χ3v) is 1.10. The number of hydrogen-bond acceptors (Lipinski definition) is 2. The van der Waals surface area contributed by atoms with E-state index in [0.717, 1.165) is 5.56 Å². The zero-order chi connectivity index (χ0) is 6.69. The van der Waals surface area contributed by atoms with Gasteiger partial charge in [-0.05, 0) is 18.6 Å². The van der Waals surface area contributed by atoms with Crippen LogP contribution < -0.4 is 10.7 Å². The van der Waals surface area contributed by atoms with Crippen LogP contribution in [0.2, 0.25) is 0 Å². The second kappa shape index (κ2) is 2.51. The molecule has 0 saturated carbocycles. The van der Waals surface area contributed by atoms with Crippen molar-refractivity contribution in [2.45, 2.75) is 0 Å². The smallest absolute Gasteiger partial charge is 0.150 e. The van der Waals surface area contributed by atoms with Crippen LogP contribution in [-0.4, -0.2) is 0 Å². The summed E-state index contributed by atoms with van der Waals surface area (Å²) in [5, 5.41) is 0. The standard InChI is InChI=1S/C7H8NO/c1-6-4-2-3-5-7(6)9-8/h2-5H,1,8H2. The molecular formula is C7H8NO. The summed E-state index contributed by atoms with van der Waals surface area (Å²) in [4.78, 5) is 4.48. The molecule has 0 saturated heterocycles. The maximum Gasteiger partial charge on any atom is 0.150 e. The van der Waals surface area contributed by atoms with E-state index in [1.165, 1.54) is 0 Å². The molecule has 0 aliphatic carbocycles. The van der Waals surface area contributed by atoms with Crippen molar-refractivity contribution >= 4 is 0 Å². The monoisotopic (exact) mass is 122 g/mol. The molecule has 0 atom stereocenters. The Hall–Kier alpha value is -1.02. The molecule has 9 heavy (non-hydrogen) atoms. The number of para-hydroxylation sites is 1. The van der Waals surface area contributed by atoms with Crippen LogP contribution >= 0.6 is 0 Å². The second-order valence-electron chi connectivity index (χ2n) is 1.73. The molecule has 0 aliphatic rings. The van der Waals surface area contributed by atoms with Crippen molar-refractivity contribution in [3.05, 3.63) is 36.8 Å². The van der Waals surface area contributed by atoms with Crippen LogP contribution in [-0.2, 0) is 0 Å². The summed E-state index contributed by atoms with van der Waals surface area (Å²) in [7, 11) is 0. The Balaban J connectivity index is 3.01. The molecule has 0 fully saturated rings. The molecule has 0 unspecified atom stereocenters. The van der Waals surface area contributed by atoms with Gasteiger partial charge in [-0.3, -0.25) is 0 Å². The Morgan fingerprint density at radius 3 is 2.44 bits per heavy atom. The molecule has 1 radical (unpaired) electrons. The zero-order valence-corrected chi connectivity index (χ0v) is 5.00. The lowest BCUT2D eigenvalue weighted by Crippen LogP contribution is -2.02. The molecule has 0 heterocycles. The molecule has 0 aromatic heterocycles. The Morgan fingerprint density at radius 1 is 1.33 bits per heavy atom. The van der Waals surface area contributed by atoms with E-state index in [-0.39, 0.29) is 0 Å². The quantitative estimate of drug-likeness (QED) is 0.566. The molecule has 2 nitrogen and oxygen atoms in total. The predicted octanol–water partition coefficient (Wildman–Crippen LogP) is 1.12. The maximum atomic E-state index is 4.91. The van der Waals surface area contributed by atoms with E-state index < -0.39 is 0 Å². The molecule has 1 rings (SSSR count). The lowest BCUT2D eigenvalue weighted by molar-refractivity contribution is 0.333. The van der Waals surface area contributed by atoms with E-state index >= 15 is 0 Å². The predicted molar refractivity (Wildman–Crippen MR) is 35.7 cm³/mol. The minimum absolute atomic E-state index is 0.623. The molecular weight excluding hydrogens is 114 g/mol. The van der Waals surface area contributed by atoms with E-state index in [4.69, 9.17) is 5.90 Å². The average molecular weight is 122 g/mol. The second-order valence-corrected chi connectivity index (χ2v) is 1.73. The van der Waals surface area contributed by atoms with E-state index in [2.05, 4.69) is 11.8 Å². The van der Waals surface area contributed by atoms with Gasteiger partial charge in [0.15, 0.2) is 0 Å². The van der Waals surface area contributed by atoms with Crippen molar-refractivity contribution in [3.8, 4) is 5.75 Å². The van der Waals surface area contributed by atoms with Crippen molar-refractivity contribution in [3.63, 3.8) is 0 Å². The van der Waals surface area contributed by atoms with Crippen molar-refractivity contribution in [1.29, 1.82) is 0 Å². The Morgan fingerprint density at radius 2 is 2.00 bits per heavy atom. The summed E-state index contributed by atoms with van der Waals surface area (Å²) in [5.41, 5.74) is 0.806. The van der Waals surface area contributed by atoms with Gasteiger partial charge in [-0.2, -0.15) is 5.90 Å². The minimum Gasteiger partial charge on any atom is -0.411 e. The lowest BCUT2D eigenvalue weighted by Gasteiger charge is -1.99. The molecule has 1 aromatic rings. The van der Waals surface area contributed by atoms with Crippen molar-refractivity contribution in [2.24, 2.45) is 5.90 Å². The van der Waals surface area contributed by atoms with Gasteiger partial charge in [0, 0.05) is 0 Å². The Bertz CT molecular complexity index is 198. The molecule has 0 amide bonds. The third-order valence-electron chi connectivity index (χ3n) is 1.10. The first kappa shape index (κ1) is 6.11. The first-order valence-corrected chi connectivity index (χ1v) is 2.62. The SMILES string of the molecule is [CH2]c1ccccc1ON. The normalized spacial score (nSPS) is 9.11. The first-order valence-electron chi connectivity index (χ1n) is 2.62. The molecule has 2 N–H and O–H groups in total. The highest BCUT2D eigenvalue weighted by molar-refractivity contribution is 5.34. The van der Waals surface area contributed by atoms with Gasteiger partial charge in [0.05, 0.1) is 0 Å². The van der Waals surface area contributed by atoms with Gasteiger partial charge in [-0.15, -0.1) is 0 Å². The average Bonchev–Trinajstić information content (AvgIpc) is 1.89. The molecule has 0 bridgehead atoms. The Kier molecular flexibility index (Phi) is 1.70. The summed E-state index contributed by atoms with van der Waals surface area (Å²) in [5.74, 6) is 5.53. The van der Waals surface area contributed by atoms with E-state index in [0.29, 0.717) is 5.75 Å². The van der Waals surface area contributed by atoms with Crippen molar-refractivity contribution in [2.75, 3.05) is 0 Å². The van der Waals surface area contributed by atoms with Gasteiger partial charge in [0.25, 0.3) is 0 Å². The molecule has 2 heteroatoms. The van der Waals surface area contributed by atoms with Gasteiger partial charge in [-0.1, -0.05) is 18.2 Å². The van der Waals surface area contributed by atoms with E-state index in [1.54, 1.807) is 6.07 Å². The van der Waals surface area contributed by atoms with Gasteiger partial charge in [0.2, 0.25) is 0 Å². The summed E-state index contributed by atoms with van der Waals surface area (Å²) in [6.45, 7) is 3.69. The largest absolute Gasteiger partial charge is 0.411 e. The van der Waals surface area contributed by atoms with Gasteiger partial charge < -0.3 is 4.84 Å². The number of benzene rings is 1. The fourth-order valence-corrected chi connectivity index (χ4v) is 0.619. The summed E-state index contributed by atoms with van der Waals surface area (Å²) >= 11 is 0. The molecule has 47 valence electrons. The van der Waals surface area contributed by atoms with Crippen LogP contribution in [0.25, 0.3) is 0 Å². The highest BCUT2D eigenvalue weighted by Gasteiger charge is 1.92. The van der Waals surface area contributed by atoms with E-state index in [1.807, 2.05) is 18.2 Å². The van der Waals surface area contributed by atoms with Crippen LogP contribution in [0.5, 0.6) is 5.75 Å². The van der Waals surface area contributed by atoms with Crippen LogP contribution in [0.1, 0.15) is 5.56 Å². The minimum atomic E-state index is 0.623. The molecule has 1 aromatic carbocycles. The fraction of sp³-hybridized carbons (Fsp3) is 0. The number of rotatable bonds is 1. The summed E-state index contributed by atoms with van der Waals surface area (Å²) < 4.78 is 0. The van der Waals surface area contributed by atoms with Gasteiger partial charge in [-0.25, -0.2) is 0 Å². The highest BCUT2D eigenvalue weighted by Crippen LogP contribution is 2.13. The van der Waals surface area contributed by atoms with Crippen LogP contribution in [0, 0.1) is 6.92 Å². The third kappa shape index (κ3) is 1.21. The first-order chi connectivity index (χ1) is 4.34. The van der Waals surface area contributed by atoms with Crippen LogP contribution in [0.15, 0.2) is 24.3 Å². The Labute approximate surface area is 54.2 Å². The zero-order valence-electron chi connectivity index (χ0n) is 5.00. The van der Waals surface area contributed by atoms with Gasteiger partial charge in [0.1, 0.15) is 5.75 Å². The number of hydrogen-bond donors (Lipinski definition) is 1. The lowest BCUT2D eigenvalue weighted by atomic mass is 10.2. The van der Waals surface area contributed by atoms with E-state index in [9.17, 15) is 0 Å². The van der Waals surface area contributed by atoms with Crippen molar-refractivity contribution in [1.82, 2.24) is 0 Å². The summed E-state index contributed by atoms with van der Waals surface area (Å²) in [6, 6.07) is 7.33. The van der Waals surface area contributed by atoms with Gasteiger partial charge >= 0.3 is 0 Å². The molecule has 0 spiro atoms. The summed E-state index contributed by atoms with van der Waals surface area (Å²) in [6.07, 6.45) is 0. The van der Waals surface area contributed by atoms with Crippen LogP contribution in [0.4, 0.5) is 0 Å². The highest BCUT2D eigenvalue weighted by atomic mass is 16.6. The molecule has 0 aliphatic heterocycles. The topological polar surface area (TPSA) is 35.2 Å². The maximum absolute atomic E-state index is 4.91. The number of nitrogens with two attached hydrogens (primary N) is 1. The fourth-order valence-electron chi connectivity index (χ4n) is 0.619. The van der Waals surface area contributed by atoms with Crippen LogP contribution in [0.3, 0.4) is 0 Å².